The molecule has 1 aromatic rings. The Morgan fingerprint density at radius 3 is 2.60 bits per heavy atom. The van der Waals surface area contributed by atoms with Gasteiger partial charge in [0.05, 0.1) is 6.54 Å². The van der Waals surface area contributed by atoms with Gasteiger partial charge in [0.15, 0.2) is 0 Å². The first-order chi connectivity index (χ1) is 9.35. The third kappa shape index (κ3) is 4.49. The quantitative estimate of drug-likeness (QED) is 0.846. The molecule has 0 aliphatic heterocycles. The molecule has 1 rings (SSSR count). The van der Waals surface area contributed by atoms with Crippen molar-refractivity contribution in [2.75, 3.05) is 20.1 Å². The van der Waals surface area contributed by atoms with Crippen LogP contribution >= 0.6 is 11.6 Å². The van der Waals surface area contributed by atoms with Crippen molar-refractivity contribution in [3.05, 3.63) is 28.5 Å². The van der Waals surface area contributed by atoms with Crippen LogP contribution in [0.3, 0.4) is 0 Å². The third-order valence-electron chi connectivity index (χ3n) is 2.75. The Balaban J connectivity index is 2.88. The van der Waals surface area contributed by atoms with Gasteiger partial charge in [-0.15, -0.1) is 0 Å². The molecule has 0 aliphatic rings. The van der Waals surface area contributed by atoms with Crippen molar-refractivity contribution in [1.82, 2.24) is 15.2 Å². The van der Waals surface area contributed by atoms with Gasteiger partial charge in [-0.25, -0.2) is 4.98 Å². The van der Waals surface area contributed by atoms with Crippen molar-refractivity contribution >= 4 is 23.4 Å². The summed E-state index contributed by atoms with van der Waals surface area (Å²) in [6, 6.07) is 3.23. The molecule has 110 valence electrons. The number of amides is 2. The summed E-state index contributed by atoms with van der Waals surface area (Å²) in [4.78, 5) is 29.3. The average Bonchev–Trinajstić information content (AvgIpc) is 2.37. The van der Waals surface area contributed by atoms with Crippen molar-refractivity contribution in [2.24, 2.45) is 0 Å². The number of carbonyl (C=O) groups is 2. The Morgan fingerprint density at radius 1 is 1.40 bits per heavy atom. The van der Waals surface area contributed by atoms with Crippen molar-refractivity contribution in [2.45, 2.75) is 26.7 Å². The molecule has 1 N–H and O–H groups in total. The van der Waals surface area contributed by atoms with Crippen LogP contribution in [0.4, 0.5) is 0 Å². The predicted octanol–water partition coefficient (Wildman–Crippen LogP) is 2.07. The molecule has 20 heavy (non-hydrogen) atoms. The highest BCUT2D eigenvalue weighted by Crippen LogP contribution is 2.18. The van der Waals surface area contributed by atoms with Gasteiger partial charge in [-0.3, -0.25) is 9.59 Å². The van der Waals surface area contributed by atoms with Gasteiger partial charge in [0, 0.05) is 24.8 Å². The number of likely N-dealkylation sites (N-methyl/N-ethyl adjacent to an activating group) is 2. The largest absolute Gasteiger partial charge is 0.355 e. The van der Waals surface area contributed by atoms with Crippen LogP contribution in [-0.4, -0.2) is 41.8 Å². The number of halogens is 1. The van der Waals surface area contributed by atoms with Crippen LogP contribution in [-0.2, 0) is 4.79 Å². The zero-order valence-electron chi connectivity index (χ0n) is 12.2. The highest BCUT2D eigenvalue weighted by molar-refractivity contribution is 6.29. The molecule has 0 aromatic carbocycles. The number of aromatic nitrogens is 1. The summed E-state index contributed by atoms with van der Waals surface area (Å²) in [6.07, 6.45) is 0. The molecule has 0 saturated carbocycles. The first kappa shape index (κ1) is 16.4. The first-order valence-electron chi connectivity index (χ1n) is 6.54. The second-order valence-electron chi connectivity index (χ2n) is 4.87. The summed E-state index contributed by atoms with van der Waals surface area (Å²) in [6.45, 7) is 6.34. The van der Waals surface area contributed by atoms with Crippen LogP contribution in [0.25, 0.3) is 0 Å². The van der Waals surface area contributed by atoms with E-state index in [0.717, 1.165) is 5.69 Å². The van der Waals surface area contributed by atoms with E-state index in [1.54, 1.807) is 13.1 Å². The molecule has 0 atom stereocenters. The standard InChI is InChI=1S/C14H20ClN3O2/c1-5-16-13(19)8-18(4)14(20)10-6-11(9(2)3)17-12(15)7-10/h6-7,9H,5,8H2,1-4H3,(H,16,19). The molecule has 5 nitrogen and oxygen atoms in total. The van der Waals surface area contributed by atoms with E-state index in [2.05, 4.69) is 10.3 Å². The van der Waals surface area contributed by atoms with Gasteiger partial charge in [0.2, 0.25) is 5.91 Å². The summed E-state index contributed by atoms with van der Waals surface area (Å²) in [5.74, 6) is -0.260. The zero-order chi connectivity index (χ0) is 15.3. The van der Waals surface area contributed by atoms with Crippen molar-refractivity contribution < 1.29 is 9.59 Å². The summed E-state index contributed by atoms with van der Waals surface area (Å²) < 4.78 is 0. The summed E-state index contributed by atoms with van der Waals surface area (Å²) in [7, 11) is 1.58. The lowest BCUT2D eigenvalue weighted by molar-refractivity contribution is -0.121. The fraction of sp³-hybridized carbons (Fsp3) is 0.500. The number of nitrogens with zero attached hydrogens (tertiary/aromatic N) is 2. The Labute approximate surface area is 124 Å². The molecule has 0 bridgehead atoms. The minimum Gasteiger partial charge on any atom is -0.355 e. The van der Waals surface area contributed by atoms with E-state index in [4.69, 9.17) is 11.6 Å². The van der Waals surface area contributed by atoms with E-state index in [-0.39, 0.29) is 29.4 Å². The molecule has 0 fully saturated rings. The minimum absolute atomic E-state index is 0.0175. The normalized spacial score (nSPS) is 10.5. The number of rotatable bonds is 5. The molecule has 1 aromatic heterocycles. The van der Waals surface area contributed by atoms with E-state index in [0.29, 0.717) is 12.1 Å². The van der Waals surface area contributed by atoms with Crippen molar-refractivity contribution in [3.63, 3.8) is 0 Å². The highest BCUT2D eigenvalue weighted by atomic mass is 35.5. The van der Waals surface area contributed by atoms with Gasteiger partial charge in [0.1, 0.15) is 5.15 Å². The highest BCUT2D eigenvalue weighted by Gasteiger charge is 2.17. The monoisotopic (exact) mass is 297 g/mol. The number of nitrogens with one attached hydrogen (secondary N) is 1. The van der Waals surface area contributed by atoms with E-state index >= 15 is 0 Å². The van der Waals surface area contributed by atoms with Crippen molar-refractivity contribution in [3.8, 4) is 0 Å². The average molecular weight is 298 g/mol. The lowest BCUT2D eigenvalue weighted by atomic mass is 10.1. The fourth-order valence-corrected chi connectivity index (χ4v) is 1.91. The van der Waals surface area contributed by atoms with Gasteiger partial charge in [-0.1, -0.05) is 25.4 Å². The Hall–Kier alpha value is -1.62. The van der Waals surface area contributed by atoms with E-state index in [9.17, 15) is 9.59 Å². The maximum atomic E-state index is 12.3. The molecular weight excluding hydrogens is 278 g/mol. The third-order valence-corrected chi connectivity index (χ3v) is 2.95. The van der Waals surface area contributed by atoms with E-state index in [1.807, 2.05) is 20.8 Å². The van der Waals surface area contributed by atoms with Crippen LogP contribution < -0.4 is 5.32 Å². The topological polar surface area (TPSA) is 62.3 Å². The lowest BCUT2D eigenvalue weighted by Gasteiger charge is -2.17. The van der Waals surface area contributed by atoms with Gasteiger partial charge in [-0.2, -0.15) is 0 Å². The van der Waals surface area contributed by atoms with Gasteiger partial charge < -0.3 is 10.2 Å². The van der Waals surface area contributed by atoms with Gasteiger partial charge in [-0.05, 0) is 25.0 Å². The van der Waals surface area contributed by atoms with Crippen molar-refractivity contribution in [1.29, 1.82) is 0 Å². The predicted molar refractivity (Wildman–Crippen MR) is 79.0 cm³/mol. The summed E-state index contributed by atoms with van der Waals surface area (Å²) in [5, 5.41) is 2.94. The number of hydrogen-bond donors (Lipinski definition) is 1. The molecule has 0 radical (unpaired) electrons. The molecule has 0 aliphatic carbocycles. The number of hydrogen-bond acceptors (Lipinski definition) is 3. The Kier molecular flexibility index (Phi) is 5.95. The minimum atomic E-state index is -0.248. The molecule has 1 heterocycles. The van der Waals surface area contributed by atoms with Crippen LogP contribution in [0.5, 0.6) is 0 Å². The van der Waals surface area contributed by atoms with Crippen LogP contribution in [0, 0.1) is 0 Å². The second kappa shape index (κ2) is 7.24. The number of carbonyl (C=O) groups excluding carboxylic acids is 2. The molecular formula is C14H20ClN3O2. The van der Waals surface area contributed by atoms with Gasteiger partial charge in [0.25, 0.3) is 5.91 Å². The summed E-state index contributed by atoms with van der Waals surface area (Å²) >= 11 is 5.94. The lowest BCUT2D eigenvalue weighted by Crippen LogP contribution is -2.38. The van der Waals surface area contributed by atoms with Crippen LogP contribution in [0.1, 0.15) is 42.7 Å². The van der Waals surface area contributed by atoms with E-state index in [1.165, 1.54) is 11.0 Å². The van der Waals surface area contributed by atoms with Crippen LogP contribution in [0.2, 0.25) is 5.15 Å². The molecule has 6 heteroatoms. The first-order valence-corrected chi connectivity index (χ1v) is 6.92. The maximum Gasteiger partial charge on any atom is 0.254 e. The fourth-order valence-electron chi connectivity index (χ4n) is 1.70. The van der Waals surface area contributed by atoms with Crippen LogP contribution in [0.15, 0.2) is 12.1 Å². The molecule has 0 spiro atoms. The molecule has 0 unspecified atom stereocenters. The number of pyridine rings is 1. The van der Waals surface area contributed by atoms with E-state index < -0.39 is 0 Å². The smallest absolute Gasteiger partial charge is 0.254 e. The Morgan fingerprint density at radius 2 is 2.05 bits per heavy atom. The Bertz CT molecular complexity index is 503. The summed E-state index contributed by atoms with van der Waals surface area (Å²) in [5.41, 5.74) is 1.20. The van der Waals surface area contributed by atoms with Gasteiger partial charge >= 0.3 is 0 Å². The SMILES string of the molecule is CCNC(=O)CN(C)C(=O)c1cc(Cl)nc(C(C)C)c1. The molecule has 0 saturated heterocycles. The maximum absolute atomic E-state index is 12.3. The second-order valence-corrected chi connectivity index (χ2v) is 5.26. The zero-order valence-corrected chi connectivity index (χ0v) is 13.0. The molecule has 2 amide bonds.